The first kappa shape index (κ1) is 43.3. The van der Waals surface area contributed by atoms with E-state index in [1.165, 1.54) is 105 Å². The van der Waals surface area contributed by atoms with Gasteiger partial charge in [0, 0.05) is 89.7 Å². The first-order chi connectivity index (χ1) is 36.4. The van der Waals surface area contributed by atoms with Crippen molar-refractivity contribution in [3.8, 4) is 33.4 Å². The van der Waals surface area contributed by atoms with Gasteiger partial charge in [0.1, 0.15) is 0 Å². The molecular weight excluding hydrogens is 953 g/mol. The Hall–Kier alpha value is -8.32. The molecule has 0 radical (unpaired) electrons. The Morgan fingerprint density at radius 2 is 0.797 bits per heavy atom. The summed E-state index contributed by atoms with van der Waals surface area (Å²) in [5, 5.41) is 7.62. The number of hydrogen-bond donors (Lipinski definition) is 0. The topological polar surface area (TPSA) is 6.48 Å². The van der Waals surface area contributed by atoms with Gasteiger partial charge in [-0.3, -0.25) is 0 Å². The highest BCUT2D eigenvalue weighted by Crippen LogP contribution is 2.53. The van der Waals surface area contributed by atoms with Crippen molar-refractivity contribution in [1.29, 1.82) is 0 Å². The van der Waals surface area contributed by atoms with Crippen molar-refractivity contribution < 1.29 is 0 Å². The highest BCUT2D eigenvalue weighted by molar-refractivity contribution is 7.27. The average Bonchev–Trinajstić information content (AvgIpc) is 4.22. The molecule has 11 aromatic carbocycles. The fraction of sp³-hybridized carbons (Fsp3) is 0.0435. The largest absolute Gasteiger partial charge is 0.310 e. The summed E-state index contributed by atoms with van der Waals surface area (Å²) in [6.45, 7) is 4.72. The van der Waals surface area contributed by atoms with E-state index in [2.05, 4.69) is 266 Å². The van der Waals surface area contributed by atoms with Crippen LogP contribution in [0, 0.1) is 0 Å². The predicted molar refractivity (Wildman–Crippen MR) is 323 cm³/mol. The highest BCUT2D eigenvalue weighted by Gasteiger charge is 2.35. The standard InChI is InChI=1S/C69H46N2S3/c1-69(2)60-22-12-9-19-52(60)56-37-45(27-34-61(56)69)46-28-35-66-57(38-46)59-40-51(70(47-17-7-4-8-18-47)48-29-25-44(26-30-48)43-15-5-3-6-16-43)41-62(68(59)74-66)71(49-32-36-65-58(39-49)54-21-11-14-24-64(54)72-65)50-31-33-55-53-20-10-13-23-63(53)73-67(55)42-50/h3-42H,1-2H3. The van der Waals surface area contributed by atoms with Gasteiger partial charge in [-0.1, -0.05) is 159 Å². The number of nitrogens with zero attached hydrogens (tertiary/aromatic N) is 2. The molecule has 0 atom stereocenters. The minimum absolute atomic E-state index is 0.0499. The van der Waals surface area contributed by atoms with E-state index >= 15 is 0 Å². The molecule has 14 aromatic rings. The zero-order chi connectivity index (χ0) is 49.1. The van der Waals surface area contributed by atoms with Crippen molar-refractivity contribution in [2.24, 2.45) is 0 Å². The van der Waals surface area contributed by atoms with Crippen LogP contribution < -0.4 is 9.80 Å². The summed E-state index contributed by atoms with van der Waals surface area (Å²) >= 11 is 5.63. The van der Waals surface area contributed by atoms with Crippen molar-refractivity contribution in [3.05, 3.63) is 254 Å². The van der Waals surface area contributed by atoms with Gasteiger partial charge in [0.2, 0.25) is 0 Å². The Balaban J connectivity index is 0.998. The van der Waals surface area contributed by atoms with E-state index in [0.29, 0.717) is 0 Å². The zero-order valence-electron chi connectivity index (χ0n) is 40.7. The SMILES string of the molecule is CC1(C)c2ccccc2-c2cc(-c3ccc4sc5c(N(c6ccc7c(c6)sc6ccccc67)c6ccc7sc8ccccc8c7c6)cc(N(c6ccccc6)c6ccc(-c7ccccc7)cc6)cc5c4c3)ccc21. The molecule has 5 heteroatoms. The van der Waals surface area contributed by atoms with Crippen molar-refractivity contribution >= 4 is 129 Å². The molecule has 0 saturated heterocycles. The second kappa shape index (κ2) is 16.9. The molecule has 0 N–H and O–H groups in total. The number of fused-ring (bicyclic) bond motifs is 12. The summed E-state index contributed by atoms with van der Waals surface area (Å²) in [6.07, 6.45) is 0. The summed E-state index contributed by atoms with van der Waals surface area (Å²) in [7, 11) is 0. The lowest BCUT2D eigenvalue weighted by molar-refractivity contribution is 0.660. The van der Waals surface area contributed by atoms with Gasteiger partial charge < -0.3 is 9.80 Å². The van der Waals surface area contributed by atoms with Gasteiger partial charge >= 0.3 is 0 Å². The molecule has 350 valence electrons. The fourth-order valence-corrected chi connectivity index (χ4v) is 15.2. The van der Waals surface area contributed by atoms with E-state index in [1.54, 1.807) is 0 Å². The molecule has 2 nitrogen and oxygen atoms in total. The van der Waals surface area contributed by atoms with Gasteiger partial charge in [-0.2, -0.15) is 0 Å². The van der Waals surface area contributed by atoms with Gasteiger partial charge in [0.15, 0.2) is 0 Å². The Labute approximate surface area is 441 Å². The second-order valence-electron chi connectivity index (χ2n) is 20.1. The van der Waals surface area contributed by atoms with Crippen molar-refractivity contribution in [3.63, 3.8) is 0 Å². The molecule has 0 amide bonds. The quantitative estimate of drug-likeness (QED) is 0.150. The van der Waals surface area contributed by atoms with Crippen LogP contribution in [0.4, 0.5) is 34.1 Å². The molecule has 3 aromatic heterocycles. The normalized spacial score (nSPS) is 12.8. The first-order valence-electron chi connectivity index (χ1n) is 25.3. The number of rotatable bonds is 8. The Morgan fingerprint density at radius 3 is 1.61 bits per heavy atom. The van der Waals surface area contributed by atoms with Crippen molar-refractivity contribution in [2.45, 2.75) is 19.3 Å². The fourth-order valence-electron chi connectivity index (χ4n) is 11.8. The van der Waals surface area contributed by atoms with Crippen LogP contribution in [0.1, 0.15) is 25.0 Å². The summed E-state index contributed by atoms with van der Waals surface area (Å²) in [6, 6.07) is 90.6. The van der Waals surface area contributed by atoms with Gasteiger partial charge in [0.05, 0.1) is 10.4 Å². The molecule has 0 fully saturated rings. The van der Waals surface area contributed by atoms with Crippen LogP contribution in [-0.2, 0) is 5.41 Å². The molecule has 0 bridgehead atoms. The lowest BCUT2D eigenvalue weighted by Crippen LogP contribution is -2.14. The van der Waals surface area contributed by atoms with E-state index in [4.69, 9.17) is 0 Å². The van der Waals surface area contributed by atoms with Crippen molar-refractivity contribution in [2.75, 3.05) is 9.80 Å². The summed E-state index contributed by atoms with van der Waals surface area (Å²) in [4.78, 5) is 4.98. The maximum Gasteiger partial charge on any atom is 0.0661 e. The number of anilines is 6. The van der Waals surface area contributed by atoms with Crippen LogP contribution >= 0.6 is 34.0 Å². The van der Waals surface area contributed by atoms with E-state index in [1.807, 2.05) is 34.0 Å². The van der Waals surface area contributed by atoms with Crippen LogP contribution in [-0.4, -0.2) is 0 Å². The zero-order valence-corrected chi connectivity index (χ0v) is 43.2. The van der Waals surface area contributed by atoms with Crippen LogP contribution in [0.2, 0.25) is 0 Å². The van der Waals surface area contributed by atoms with Crippen molar-refractivity contribution in [1.82, 2.24) is 0 Å². The maximum absolute atomic E-state index is 2.54. The lowest BCUT2D eigenvalue weighted by atomic mass is 9.82. The molecule has 0 spiro atoms. The smallest absolute Gasteiger partial charge is 0.0661 e. The lowest BCUT2D eigenvalue weighted by Gasteiger charge is -2.30. The monoisotopic (exact) mass is 998 g/mol. The van der Waals surface area contributed by atoms with E-state index in [9.17, 15) is 0 Å². The number of thiophene rings is 3. The number of benzene rings is 11. The van der Waals surface area contributed by atoms with Gasteiger partial charge in [-0.15, -0.1) is 34.0 Å². The van der Waals surface area contributed by atoms with Gasteiger partial charge in [0.25, 0.3) is 0 Å². The first-order valence-corrected chi connectivity index (χ1v) is 27.7. The predicted octanol–water partition coefficient (Wildman–Crippen LogP) is 21.4. The van der Waals surface area contributed by atoms with Gasteiger partial charge in [-0.25, -0.2) is 0 Å². The third-order valence-electron chi connectivity index (χ3n) is 15.4. The molecule has 0 aliphatic heterocycles. The summed E-state index contributed by atoms with van der Waals surface area (Å²) in [5.41, 5.74) is 16.9. The third-order valence-corrected chi connectivity index (χ3v) is 18.9. The molecule has 0 unspecified atom stereocenters. The van der Waals surface area contributed by atoms with E-state index in [0.717, 1.165) is 34.1 Å². The summed E-state index contributed by atoms with van der Waals surface area (Å²) in [5.74, 6) is 0. The molecular formula is C69H46N2S3. The number of hydrogen-bond acceptors (Lipinski definition) is 5. The molecule has 1 aliphatic carbocycles. The van der Waals surface area contributed by atoms with Crippen LogP contribution in [0.3, 0.4) is 0 Å². The Bertz CT molecular complexity index is 4520. The van der Waals surface area contributed by atoms with Crippen LogP contribution in [0.15, 0.2) is 243 Å². The van der Waals surface area contributed by atoms with E-state index < -0.39 is 0 Å². The number of para-hydroxylation sites is 1. The Kier molecular flexibility index (Phi) is 9.87. The van der Waals surface area contributed by atoms with E-state index in [-0.39, 0.29) is 5.41 Å². The minimum Gasteiger partial charge on any atom is -0.310 e. The molecule has 1 aliphatic rings. The molecule has 15 rings (SSSR count). The average molecular weight is 999 g/mol. The van der Waals surface area contributed by atoms with Crippen LogP contribution in [0.25, 0.3) is 93.9 Å². The summed E-state index contributed by atoms with van der Waals surface area (Å²) < 4.78 is 7.66. The Morgan fingerprint density at radius 1 is 0.284 bits per heavy atom. The maximum atomic E-state index is 2.54. The molecule has 74 heavy (non-hydrogen) atoms. The minimum atomic E-state index is -0.0499. The molecule has 3 heterocycles. The molecule has 0 saturated carbocycles. The second-order valence-corrected chi connectivity index (χ2v) is 23.3. The third kappa shape index (κ3) is 6.88. The van der Waals surface area contributed by atoms with Crippen LogP contribution in [0.5, 0.6) is 0 Å². The highest BCUT2D eigenvalue weighted by atomic mass is 32.1. The van der Waals surface area contributed by atoms with Gasteiger partial charge in [-0.05, 0) is 142 Å².